The highest BCUT2D eigenvalue weighted by atomic mass is 79.9. The minimum absolute atomic E-state index is 0.152. The van der Waals surface area contributed by atoms with E-state index in [0.29, 0.717) is 29.9 Å². The van der Waals surface area contributed by atoms with Crippen LogP contribution < -0.4 is 5.73 Å². The molecule has 0 radical (unpaired) electrons. The second kappa shape index (κ2) is 7.22. The van der Waals surface area contributed by atoms with Gasteiger partial charge in [-0.15, -0.1) is 0 Å². The molecule has 0 bridgehead atoms. The van der Waals surface area contributed by atoms with E-state index in [4.69, 9.17) is 5.73 Å². The van der Waals surface area contributed by atoms with E-state index in [0.717, 1.165) is 23.9 Å². The summed E-state index contributed by atoms with van der Waals surface area (Å²) in [5.41, 5.74) is 5.83. The summed E-state index contributed by atoms with van der Waals surface area (Å²) in [5, 5.41) is 0. The van der Waals surface area contributed by atoms with Gasteiger partial charge in [0.25, 0.3) is 0 Å². The smallest absolute Gasteiger partial charge is 0.179 e. The Bertz CT molecular complexity index is 560. The minimum Gasteiger partial charge on any atom is -0.329 e. The van der Waals surface area contributed by atoms with Crippen molar-refractivity contribution in [3.8, 4) is 0 Å². The first-order chi connectivity index (χ1) is 9.92. The lowest BCUT2D eigenvalue weighted by molar-refractivity contribution is 0.130. The number of likely N-dealkylation sites (tertiary alicyclic amines) is 1. The summed E-state index contributed by atoms with van der Waals surface area (Å²) in [6.07, 6.45) is 2.18. The summed E-state index contributed by atoms with van der Waals surface area (Å²) in [5.74, 6) is 0.831. The number of benzene rings is 1. The highest BCUT2D eigenvalue weighted by molar-refractivity contribution is 9.10. The second-order valence-electron chi connectivity index (χ2n) is 5.83. The fourth-order valence-corrected chi connectivity index (χ4v) is 4.36. The van der Waals surface area contributed by atoms with Gasteiger partial charge in [0.05, 0.1) is 10.6 Å². The predicted molar refractivity (Wildman–Crippen MR) is 89.0 cm³/mol. The summed E-state index contributed by atoms with van der Waals surface area (Å²) in [4.78, 5) is 2.62. The molecule has 118 valence electrons. The molecule has 2 N–H and O–H groups in total. The first-order valence-electron chi connectivity index (χ1n) is 7.35. The van der Waals surface area contributed by atoms with Crippen molar-refractivity contribution in [3.63, 3.8) is 0 Å². The van der Waals surface area contributed by atoms with Gasteiger partial charge in [-0.05, 0) is 49.6 Å². The Morgan fingerprint density at radius 2 is 2.00 bits per heavy atom. The molecule has 1 aliphatic rings. The van der Waals surface area contributed by atoms with Crippen LogP contribution in [0, 0.1) is 5.92 Å². The topological polar surface area (TPSA) is 63.4 Å². The number of halogens is 1. The fourth-order valence-electron chi connectivity index (χ4n) is 2.84. The van der Waals surface area contributed by atoms with Crippen molar-refractivity contribution in [1.29, 1.82) is 0 Å². The number of piperidine rings is 1. The maximum absolute atomic E-state index is 12.4. The van der Waals surface area contributed by atoms with Crippen LogP contribution in [0.3, 0.4) is 0 Å². The zero-order valence-electron chi connectivity index (χ0n) is 12.3. The Kier molecular flexibility index (Phi) is 5.82. The van der Waals surface area contributed by atoms with Crippen molar-refractivity contribution in [3.05, 3.63) is 28.7 Å². The predicted octanol–water partition coefficient (Wildman–Crippen LogP) is 2.28. The van der Waals surface area contributed by atoms with E-state index in [1.807, 2.05) is 0 Å². The maximum Gasteiger partial charge on any atom is 0.179 e. The van der Waals surface area contributed by atoms with Crippen LogP contribution in [0.15, 0.2) is 33.6 Å². The highest BCUT2D eigenvalue weighted by Gasteiger charge is 2.26. The van der Waals surface area contributed by atoms with Crippen molar-refractivity contribution >= 4 is 25.8 Å². The lowest BCUT2D eigenvalue weighted by Gasteiger charge is -2.37. The average molecular weight is 375 g/mol. The summed E-state index contributed by atoms with van der Waals surface area (Å²) >= 11 is 3.32. The van der Waals surface area contributed by atoms with Crippen molar-refractivity contribution in [2.45, 2.75) is 30.7 Å². The van der Waals surface area contributed by atoms with Crippen LogP contribution in [-0.2, 0) is 9.84 Å². The van der Waals surface area contributed by atoms with Gasteiger partial charge in [-0.25, -0.2) is 8.42 Å². The van der Waals surface area contributed by atoms with Gasteiger partial charge in [0.1, 0.15) is 0 Å². The van der Waals surface area contributed by atoms with Crippen LogP contribution in [0.2, 0.25) is 0 Å². The van der Waals surface area contributed by atoms with Crippen molar-refractivity contribution in [2.24, 2.45) is 11.7 Å². The summed E-state index contributed by atoms with van der Waals surface area (Å²) in [6, 6.07) is 7.14. The third-order valence-corrected chi connectivity index (χ3v) is 6.43. The Morgan fingerprint density at radius 1 is 1.33 bits per heavy atom. The first-order valence-corrected chi connectivity index (χ1v) is 9.79. The number of nitrogens with two attached hydrogens (primary N) is 1. The fraction of sp³-hybridized carbons (Fsp3) is 0.600. The van der Waals surface area contributed by atoms with E-state index >= 15 is 0 Å². The van der Waals surface area contributed by atoms with Crippen LogP contribution in [0.25, 0.3) is 0 Å². The van der Waals surface area contributed by atoms with E-state index in [1.54, 1.807) is 24.3 Å². The first kappa shape index (κ1) is 16.9. The lowest BCUT2D eigenvalue weighted by Crippen LogP contribution is -2.47. The van der Waals surface area contributed by atoms with Gasteiger partial charge in [0.2, 0.25) is 0 Å². The average Bonchev–Trinajstić information content (AvgIpc) is 2.46. The standard InChI is InChI=1S/C15H23BrN2O2S/c1-12-6-7-18(14(10-12)11-17)8-9-21(19,20)15-4-2-13(16)3-5-15/h2-5,12,14H,6-11,17H2,1H3. The Hall–Kier alpha value is -0.430. The molecule has 2 rings (SSSR count). The van der Waals surface area contributed by atoms with Gasteiger partial charge in [0.15, 0.2) is 9.84 Å². The molecule has 0 spiro atoms. The van der Waals surface area contributed by atoms with E-state index in [2.05, 4.69) is 27.8 Å². The third kappa shape index (κ3) is 4.52. The molecule has 21 heavy (non-hydrogen) atoms. The number of hydrogen-bond donors (Lipinski definition) is 1. The van der Waals surface area contributed by atoms with Gasteiger partial charge < -0.3 is 5.73 Å². The highest BCUT2D eigenvalue weighted by Crippen LogP contribution is 2.22. The molecule has 0 aromatic heterocycles. The molecule has 1 heterocycles. The molecule has 2 unspecified atom stereocenters. The number of sulfone groups is 1. The van der Waals surface area contributed by atoms with Gasteiger partial charge >= 0.3 is 0 Å². The second-order valence-corrected chi connectivity index (χ2v) is 8.85. The normalized spacial score (nSPS) is 24.1. The molecular weight excluding hydrogens is 352 g/mol. The monoisotopic (exact) mass is 374 g/mol. The van der Waals surface area contributed by atoms with Crippen LogP contribution in [0.1, 0.15) is 19.8 Å². The van der Waals surface area contributed by atoms with Gasteiger partial charge in [-0.1, -0.05) is 22.9 Å². The zero-order valence-corrected chi connectivity index (χ0v) is 14.7. The largest absolute Gasteiger partial charge is 0.329 e. The summed E-state index contributed by atoms with van der Waals surface area (Å²) < 4.78 is 25.6. The quantitative estimate of drug-likeness (QED) is 0.858. The Labute approximate surface area is 135 Å². The summed E-state index contributed by atoms with van der Waals surface area (Å²) in [6.45, 7) is 4.34. The van der Waals surface area contributed by atoms with Crippen LogP contribution in [0.4, 0.5) is 0 Å². The molecule has 1 saturated heterocycles. The number of rotatable bonds is 5. The molecule has 1 aromatic rings. The van der Waals surface area contributed by atoms with E-state index in [-0.39, 0.29) is 5.75 Å². The van der Waals surface area contributed by atoms with E-state index < -0.39 is 9.84 Å². The van der Waals surface area contributed by atoms with E-state index in [1.165, 1.54) is 0 Å². The van der Waals surface area contributed by atoms with Crippen LogP contribution in [-0.4, -0.2) is 44.7 Å². The van der Waals surface area contributed by atoms with Crippen LogP contribution in [0.5, 0.6) is 0 Å². The minimum atomic E-state index is -3.22. The molecule has 1 fully saturated rings. The van der Waals surface area contributed by atoms with Gasteiger partial charge in [-0.2, -0.15) is 0 Å². The van der Waals surface area contributed by atoms with Crippen LogP contribution >= 0.6 is 15.9 Å². The molecule has 2 atom stereocenters. The molecule has 0 aliphatic carbocycles. The number of hydrogen-bond acceptors (Lipinski definition) is 4. The zero-order chi connectivity index (χ0) is 15.5. The number of nitrogens with zero attached hydrogens (tertiary/aromatic N) is 1. The van der Waals surface area contributed by atoms with Gasteiger partial charge in [-0.3, -0.25) is 4.90 Å². The molecule has 1 aliphatic heterocycles. The Balaban J connectivity index is 1.99. The van der Waals surface area contributed by atoms with E-state index in [9.17, 15) is 8.42 Å². The van der Waals surface area contributed by atoms with Gasteiger partial charge in [0, 0.05) is 23.6 Å². The lowest BCUT2D eigenvalue weighted by atomic mass is 9.92. The van der Waals surface area contributed by atoms with Crippen molar-refractivity contribution in [2.75, 3.05) is 25.4 Å². The Morgan fingerprint density at radius 3 is 2.62 bits per heavy atom. The molecular formula is C15H23BrN2O2S. The third-order valence-electron chi connectivity index (χ3n) is 4.19. The van der Waals surface area contributed by atoms with Crippen molar-refractivity contribution in [1.82, 2.24) is 4.90 Å². The molecule has 6 heteroatoms. The molecule has 0 amide bonds. The van der Waals surface area contributed by atoms with Crippen molar-refractivity contribution < 1.29 is 8.42 Å². The summed E-state index contributed by atoms with van der Waals surface area (Å²) in [7, 11) is -3.22. The molecule has 4 nitrogen and oxygen atoms in total. The molecule has 0 saturated carbocycles. The molecule has 1 aromatic carbocycles. The maximum atomic E-state index is 12.4. The SMILES string of the molecule is CC1CCN(CCS(=O)(=O)c2ccc(Br)cc2)C(CN)C1.